The molecule has 1 aromatic carbocycles. The highest BCUT2D eigenvalue weighted by Crippen LogP contribution is 2.23. The van der Waals surface area contributed by atoms with Crippen LogP contribution in [0.4, 0.5) is 0 Å². The summed E-state index contributed by atoms with van der Waals surface area (Å²) in [6, 6.07) is 6.42. The summed E-state index contributed by atoms with van der Waals surface area (Å²) >= 11 is 1.65. The molecule has 1 aromatic heterocycles. The van der Waals surface area contributed by atoms with Gasteiger partial charge in [0.2, 0.25) is 0 Å². The van der Waals surface area contributed by atoms with Crippen LogP contribution < -0.4 is 5.73 Å². The number of thioether (sulfide) groups is 1. The topological polar surface area (TPSA) is 56.7 Å². The molecule has 102 valence electrons. The molecule has 2 rings (SSSR count). The highest BCUT2D eigenvalue weighted by atomic mass is 32.2. The zero-order chi connectivity index (χ0) is 14.0. The predicted molar refractivity (Wildman–Crippen MR) is 79.3 cm³/mol. The first-order chi connectivity index (χ1) is 8.99. The van der Waals surface area contributed by atoms with E-state index in [1.165, 1.54) is 16.7 Å². The van der Waals surface area contributed by atoms with Crippen LogP contribution >= 0.6 is 11.8 Å². The second-order valence-corrected chi connectivity index (χ2v) is 5.84. The summed E-state index contributed by atoms with van der Waals surface area (Å²) in [6.07, 6.45) is 0. The highest BCUT2D eigenvalue weighted by Gasteiger charge is 2.11. The Labute approximate surface area is 118 Å². The number of benzene rings is 1. The first-order valence-electron chi connectivity index (χ1n) is 6.30. The fourth-order valence-electron chi connectivity index (χ4n) is 1.77. The molecule has 19 heavy (non-hydrogen) atoms. The highest BCUT2D eigenvalue weighted by molar-refractivity contribution is 7.99. The molecule has 1 atom stereocenters. The van der Waals surface area contributed by atoms with Crippen LogP contribution in [0, 0.1) is 20.8 Å². The Bertz CT molecular complexity index is 577. The van der Waals surface area contributed by atoms with Gasteiger partial charge in [-0.1, -0.05) is 30.0 Å². The number of aryl methyl sites for hydroxylation is 3. The molecule has 5 heteroatoms. The van der Waals surface area contributed by atoms with E-state index in [0.717, 1.165) is 16.7 Å². The molecule has 2 aromatic rings. The van der Waals surface area contributed by atoms with Gasteiger partial charge >= 0.3 is 0 Å². The van der Waals surface area contributed by atoms with Crippen molar-refractivity contribution >= 4 is 11.8 Å². The molecule has 1 heterocycles. The third-order valence-corrected chi connectivity index (χ3v) is 4.54. The van der Waals surface area contributed by atoms with Crippen LogP contribution in [-0.4, -0.2) is 20.5 Å². The Hall–Kier alpha value is -1.33. The van der Waals surface area contributed by atoms with Gasteiger partial charge in [-0.15, -0.1) is 10.2 Å². The van der Waals surface area contributed by atoms with E-state index in [0.29, 0.717) is 0 Å². The van der Waals surface area contributed by atoms with Crippen LogP contribution in [-0.2, 0) is 7.05 Å². The van der Waals surface area contributed by atoms with Gasteiger partial charge in [-0.2, -0.15) is 0 Å². The van der Waals surface area contributed by atoms with Gasteiger partial charge in [-0.3, -0.25) is 0 Å². The maximum atomic E-state index is 6.24. The molecule has 0 spiro atoms. The number of aromatic nitrogens is 3. The molecule has 2 N–H and O–H groups in total. The predicted octanol–water partition coefficient (Wildman–Crippen LogP) is 2.53. The first-order valence-corrected chi connectivity index (χ1v) is 7.29. The molecule has 4 nitrogen and oxygen atoms in total. The van der Waals surface area contributed by atoms with Gasteiger partial charge in [0.1, 0.15) is 5.82 Å². The van der Waals surface area contributed by atoms with Gasteiger partial charge < -0.3 is 10.3 Å². The Morgan fingerprint density at radius 1 is 1.21 bits per heavy atom. The van der Waals surface area contributed by atoms with Crippen molar-refractivity contribution in [3.8, 4) is 0 Å². The maximum absolute atomic E-state index is 6.24. The lowest BCUT2D eigenvalue weighted by Gasteiger charge is -2.13. The molecular weight excluding hydrogens is 256 g/mol. The van der Waals surface area contributed by atoms with Crippen LogP contribution in [0.25, 0.3) is 0 Å². The fourth-order valence-corrected chi connectivity index (χ4v) is 2.71. The van der Waals surface area contributed by atoms with Gasteiger partial charge in [0.05, 0.1) is 0 Å². The van der Waals surface area contributed by atoms with Gasteiger partial charge in [0, 0.05) is 18.8 Å². The maximum Gasteiger partial charge on any atom is 0.191 e. The van der Waals surface area contributed by atoms with Crippen molar-refractivity contribution in [2.45, 2.75) is 32.0 Å². The van der Waals surface area contributed by atoms with E-state index in [2.05, 4.69) is 42.2 Å². The van der Waals surface area contributed by atoms with Crippen LogP contribution in [0.3, 0.4) is 0 Å². The summed E-state index contributed by atoms with van der Waals surface area (Å²) < 4.78 is 1.98. The summed E-state index contributed by atoms with van der Waals surface area (Å²) in [5, 5.41) is 9.09. The average molecular weight is 276 g/mol. The third kappa shape index (κ3) is 3.16. The minimum absolute atomic E-state index is 0.0151. The number of hydrogen-bond donors (Lipinski definition) is 1. The van der Waals surface area contributed by atoms with Gasteiger partial charge in [0.15, 0.2) is 5.16 Å². The molecule has 0 saturated carbocycles. The Balaban J connectivity index is 2.03. The second-order valence-electron chi connectivity index (χ2n) is 4.85. The summed E-state index contributed by atoms with van der Waals surface area (Å²) in [7, 11) is 1.97. The fraction of sp³-hybridized carbons (Fsp3) is 0.429. The van der Waals surface area contributed by atoms with Crippen molar-refractivity contribution in [3.63, 3.8) is 0 Å². The van der Waals surface area contributed by atoms with Crippen LogP contribution in [0.15, 0.2) is 23.4 Å². The van der Waals surface area contributed by atoms with Crippen LogP contribution in [0.1, 0.15) is 28.6 Å². The molecule has 1 unspecified atom stereocenters. The normalized spacial score (nSPS) is 12.7. The van der Waals surface area contributed by atoms with Crippen molar-refractivity contribution in [2.24, 2.45) is 12.8 Å². The number of rotatable bonds is 4. The second kappa shape index (κ2) is 5.75. The summed E-state index contributed by atoms with van der Waals surface area (Å²) in [4.78, 5) is 0. The van der Waals surface area contributed by atoms with E-state index in [1.807, 2.05) is 18.5 Å². The van der Waals surface area contributed by atoms with Gasteiger partial charge in [-0.25, -0.2) is 0 Å². The molecule has 0 bridgehead atoms. The van der Waals surface area contributed by atoms with Crippen molar-refractivity contribution in [1.82, 2.24) is 14.8 Å². The lowest BCUT2D eigenvalue weighted by molar-refractivity contribution is 0.759. The van der Waals surface area contributed by atoms with Crippen molar-refractivity contribution < 1.29 is 0 Å². The standard InChI is InChI=1S/C14H20N4S/c1-9-5-6-12(7-10(9)2)13(15)8-19-14-17-16-11(3)18(14)4/h5-7,13H,8,15H2,1-4H3. The van der Waals surface area contributed by atoms with E-state index in [9.17, 15) is 0 Å². The Morgan fingerprint density at radius 2 is 1.95 bits per heavy atom. The number of hydrogen-bond acceptors (Lipinski definition) is 4. The average Bonchev–Trinajstić information content (AvgIpc) is 2.70. The monoisotopic (exact) mass is 276 g/mol. The van der Waals surface area contributed by atoms with Crippen molar-refractivity contribution in [2.75, 3.05) is 5.75 Å². The van der Waals surface area contributed by atoms with Crippen LogP contribution in [0.5, 0.6) is 0 Å². The molecule has 0 aliphatic heterocycles. The smallest absolute Gasteiger partial charge is 0.191 e. The molecule has 0 aliphatic rings. The van der Waals surface area contributed by atoms with E-state index < -0.39 is 0 Å². The number of nitrogens with zero attached hydrogens (tertiary/aromatic N) is 3. The van der Waals surface area contributed by atoms with Gasteiger partial charge in [0.25, 0.3) is 0 Å². The van der Waals surface area contributed by atoms with Crippen molar-refractivity contribution in [1.29, 1.82) is 0 Å². The van der Waals surface area contributed by atoms with E-state index in [-0.39, 0.29) is 6.04 Å². The minimum Gasteiger partial charge on any atom is -0.323 e. The SMILES string of the molecule is Cc1ccc(C(N)CSc2nnc(C)n2C)cc1C. The third-order valence-electron chi connectivity index (χ3n) is 3.40. The molecule has 0 amide bonds. The quantitative estimate of drug-likeness (QED) is 0.872. The summed E-state index contributed by atoms with van der Waals surface area (Å²) in [5.41, 5.74) is 10.00. The number of nitrogens with two attached hydrogens (primary N) is 1. The lowest BCUT2D eigenvalue weighted by atomic mass is 10.0. The summed E-state index contributed by atoms with van der Waals surface area (Å²) in [6.45, 7) is 6.17. The van der Waals surface area contributed by atoms with Gasteiger partial charge in [-0.05, 0) is 37.5 Å². The molecule has 0 saturated heterocycles. The molecule has 0 radical (unpaired) electrons. The van der Waals surface area contributed by atoms with E-state index in [1.54, 1.807) is 11.8 Å². The Kier molecular flexibility index (Phi) is 4.27. The summed E-state index contributed by atoms with van der Waals surface area (Å²) in [5.74, 6) is 1.72. The molecule has 0 aliphatic carbocycles. The zero-order valence-corrected chi connectivity index (χ0v) is 12.7. The zero-order valence-electron chi connectivity index (χ0n) is 11.8. The van der Waals surface area contributed by atoms with E-state index in [4.69, 9.17) is 5.73 Å². The molecule has 0 fully saturated rings. The Morgan fingerprint density at radius 3 is 2.53 bits per heavy atom. The van der Waals surface area contributed by atoms with Crippen LogP contribution in [0.2, 0.25) is 0 Å². The molecular formula is C14H20N4S. The van der Waals surface area contributed by atoms with Crippen molar-refractivity contribution in [3.05, 3.63) is 40.7 Å². The lowest BCUT2D eigenvalue weighted by Crippen LogP contribution is -2.13. The first kappa shape index (κ1) is 14.1. The minimum atomic E-state index is 0.0151. The van der Waals surface area contributed by atoms with E-state index >= 15 is 0 Å². The largest absolute Gasteiger partial charge is 0.323 e.